The molecule has 3 heteroatoms. The van der Waals surface area contributed by atoms with Crippen molar-refractivity contribution in [2.45, 2.75) is 39.2 Å². The highest BCUT2D eigenvalue weighted by Gasteiger charge is 2.16. The lowest BCUT2D eigenvalue weighted by atomic mass is 9.86. The minimum Gasteiger partial charge on any atom is -0.382 e. The van der Waals surface area contributed by atoms with Gasteiger partial charge >= 0.3 is 0 Å². The number of hydrogen-bond donors (Lipinski definition) is 1. The van der Waals surface area contributed by atoms with Crippen LogP contribution in [-0.2, 0) is 5.41 Å². The molecule has 0 fully saturated rings. The predicted octanol–water partition coefficient (Wildman–Crippen LogP) is 3.16. The number of aryl methyl sites for hydroxylation is 1. The zero-order valence-electron chi connectivity index (χ0n) is 11.9. The quantitative estimate of drug-likeness (QED) is 0.897. The van der Waals surface area contributed by atoms with Gasteiger partial charge in [0, 0.05) is 6.20 Å². The molecular formula is C16H20N2O. The molecule has 19 heavy (non-hydrogen) atoms. The summed E-state index contributed by atoms with van der Waals surface area (Å²) in [6.45, 7) is 8.39. The molecule has 1 unspecified atom stereocenters. The van der Waals surface area contributed by atoms with E-state index in [1.807, 2.05) is 19.1 Å². The molecular weight excluding hydrogens is 236 g/mol. The third-order valence-corrected chi connectivity index (χ3v) is 3.17. The summed E-state index contributed by atoms with van der Waals surface area (Å²) in [5.41, 5.74) is 3.63. The van der Waals surface area contributed by atoms with Gasteiger partial charge < -0.3 is 5.11 Å². The van der Waals surface area contributed by atoms with Gasteiger partial charge in [-0.1, -0.05) is 45.0 Å². The predicted molar refractivity (Wildman–Crippen MR) is 76.0 cm³/mol. The Morgan fingerprint density at radius 2 is 1.63 bits per heavy atom. The number of rotatable bonds is 2. The molecule has 3 nitrogen and oxygen atoms in total. The Morgan fingerprint density at radius 3 is 2.11 bits per heavy atom. The van der Waals surface area contributed by atoms with Crippen molar-refractivity contribution in [2.24, 2.45) is 0 Å². The van der Waals surface area contributed by atoms with Crippen LogP contribution in [0.1, 0.15) is 49.4 Å². The van der Waals surface area contributed by atoms with Crippen molar-refractivity contribution >= 4 is 0 Å². The van der Waals surface area contributed by atoms with Crippen LogP contribution in [0, 0.1) is 6.92 Å². The average molecular weight is 256 g/mol. The van der Waals surface area contributed by atoms with Crippen LogP contribution in [0.4, 0.5) is 0 Å². The number of benzene rings is 1. The molecule has 0 aliphatic rings. The van der Waals surface area contributed by atoms with Crippen LogP contribution < -0.4 is 0 Å². The maximum absolute atomic E-state index is 10.3. The highest BCUT2D eigenvalue weighted by Crippen LogP contribution is 2.25. The molecule has 1 heterocycles. The highest BCUT2D eigenvalue weighted by atomic mass is 16.3. The SMILES string of the molecule is Cc1cnc(C(O)c2ccc(C(C)(C)C)cc2)cn1. The fourth-order valence-electron chi connectivity index (χ4n) is 1.88. The van der Waals surface area contributed by atoms with Crippen molar-refractivity contribution in [3.63, 3.8) is 0 Å². The molecule has 0 bridgehead atoms. The highest BCUT2D eigenvalue weighted by molar-refractivity contribution is 5.31. The molecule has 2 rings (SSSR count). The zero-order valence-corrected chi connectivity index (χ0v) is 11.9. The molecule has 0 aliphatic carbocycles. The van der Waals surface area contributed by atoms with E-state index in [9.17, 15) is 5.11 Å². The van der Waals surface area contributed by atoms with Gasteiger partial charge in [0.05, 0.1) is 17.6 Å². The summed E-state index contributed by atoms with van der Waals surface area (Å²) in [4.78, 5) is 8.37. The normalized spacial score (nSPS) is 13.3. The molecule has 0 saturated heterocycles. The van der Waals surface area contributed by atoms with E-state index in [0.717, 1.165) is 11.3 Å². The van der Waals surface area contributed by atoms with Gasteiger partial charge in [-0.3, -0.25) is 9.97 Å². The number of nitrogens with zero attached hydrogens (tertiary/aromatic N) is 2. The molecule has 0 aliphatic heterocycles. The molecule has 0 spiro atoms. The third kappa shape index (κ3) is 3.18. The second-order valence-corrected chi connectivity index (χ2v) is 5.86. The Kier molecular flexibility index (Phi) is 3.67. The fourth-order valence-corrected chi connectivity index (χ4v) is 1.88. The summed E-state index contributed by atoms with van der Waals surface area (Å²) in [6.07, 6.45) is 2.57. The van der Waals surface area contributed by atoms with E-state index in [1.165, 1.54) is 5.56 Å². The second kappa shape index (κ2) is 5.10. The van der Waals surface area contributed by atoms with Crippen LogP contribution in [0.15, 0.2) is 36.7 Å². The number of aromatic nitrogens is 2. The largest absolute Gasteiger partial charge is 0.382 e. The van der Waals surface area contributed by atoms with Crippen molar-refractivity contribution in [3.05, 3.63) is 59.2 Å². The molecule has 1 aromatic heterocycles. The second-order valence-electron chi connectivity index (χ2n) is 5.86. The molecule has 1 aromatic carbocycles. The van der Waals surface area contributed by atoms with E-state index in [2.05, 4.69) is 42.9 Å². The summed E-state index contributed by atoms with van der Waals surface area (Å²) in [6, 6.07) is 8.01. The molecule has 2 aromatic rings. The first kappa shape index (κ1) is 13.7. The smallest absolute Gasteiger partial charge is 0.123 e. The van der Waals surface area contributed by atoms with Gasteiger partial charge in [0.25, 0.3) is 0 Å². The molecule has 1 atom stereocenters. The molecule has 0 saturated carbocycles. The molecule has 0 radical (unpaired) electrons. The van der Waals surface area contributed by atoms with Gasteiger partial charge in [0.2, 0.25) is 0 Å². The first-order chi connectivity index (χ1) is 8.88. The Balaban J connectivity index is 2.25. The standard InChI is InChI=1S/C16H20N2O/c1-11-9-18-14(10-17-11)15(19)12-5-7-13(8-6-12)16(2,3)4/h5-10,15,19H,1-4H3. The van der Waals surface area contributed by atoms with Crippen LogP contribution in [0.5, 0.6) is 0 Å². The van der Waals surface area contributed by atoms with Crippen molar-refractivity contribution in [3.8, 4) is 0 Å². The first-order valence-electron chi connectivity index (χ1n) is 6.45. The zero-order chi connectivity index (χ0) is 14.0. The molecule has 0 amide bonds. The van der Waals surface area contributed by atoms with Crippen LogP contribution >= 0.6 is 0 Å². The van der Waals surface area contributed by atoms with Crippen molar-refractivity contribution in [1.82, 2.24) is 9.97 Å². The Hall–Kier alpha value is -1.74. The van der Waals surface area contributed by atoms with Crippen molar-refractivity contribution < 1.29 is 5.11 Å². The van der Waals surface area contributed by atoms with E-state index in [1.54, 1.807) is 12.4 Å². The summed E-state index contributed by atoms with van der Waals surface area (Å²) < 4.78 is 0. The van der Waals surface area contributed by atoms with Gasteiger partial charge in [-0.05, 0) is 23.5 Å². The lowest BCUT2D eigenvalue weighted by molar-refractivity contribution is 0.214. The molecule has 100 valence electrons. The maximum Gasteiger partial charge on any atom is 0.123 e. The van der Waals surface area contributed by atoms with Crippen LogP contribution in [0.25, 0.3) is 0 Å². The van der Waals surface area contributed by atoms with Gasteiger partial charge in [-0.25, -0.2) is 0 Å². The third-order valence-electron chi connectivity index (χ3n) is 3.17. The van der Waals surface area contributed by atoms with E-state index in [-0.39, 0.29) is 5.41 Å². The topological polar surface area (TPSA) is 46.0 Å². The maximum atomic E-state index is 10.3. The average Bonchev–Trinajstić information content (AvgIpc) is 2.38. The summed E-state index contributed by atoms with van der Waals surface area (Å²) in [5, 5.41) is 10.3. The van der Waals surface area contributed by atoms with Crippen molar-refractivity contribution in [2.75, 3.05) is 0 Å². The number of aliphatic hydroxyl groups is 1. The lowest BCUT2D eigenvalue weighted by Crippen LogP contribution is -2.11. The van der Waals surface area contributed by atoms with Crippen LogP contribution in [0.2, 0.25) is 0 Å². The first-order valence-corrected chi connectivity index (χ1v) is 6.45. The Labute approximate surface area is 114 Å². The van der Waals surface area contributed by atoms with E-state index in [0.29, 0.717) is 5.69 Å². The summed E-state index contributed by atoms with van der Waals surface area (Å²) in [5.74, 6) is 0. The fraction of sp³-hybridized carbons (Fsp3) is 0.375. The number of hydrogen-bond acceptors (Lipinski definition) is 3. The summed E-state index contributed by atoms with van der Waals surface area (Å²) in [7, 11) is 0. The number of aliphatic hydroxyl groups excluding tert-OH is 1. The molecule has 1 N–H and O–H groups in total. The lowest BCUT2D eigenvalue weighted by Gasteiger charge is -2.20. The van der Waals surface area contributed by atoms with Gasteiger partial charge in [-0.15, -0.1) is 0 Å². The summed E-state index contributed by atoms with van der Waals surface area (Å²) >= 11 is 0. The van der Waals surface area contributed by atoms with Gasteiger partial charge in [0.15, 0.2) is 0 Å². The van der Waals surface area contributed by atoms with Gasteiger partial charge in [0.1, 0.15) is 6.10 Å². The minimum absolute atomic E-state index is 0.118. The minimum atomic E-state index is -0.720. The van der Waals surface area contributed by atoms with Gasteiger partial charge in [-0.2, -0.15) is 0 Å². The van der Waals surface area contributed by atoms with E-state index >= 15 is 0 Å². The van der Waals surface area contributed by atoms with E-state index < -0.39 is 6.10 Å². The van der Waals surface area contributed by atoms with Crippen LogP contribution in [0.3, 0.4) is 0 Å². The van der Waals surface area contributed by atoms with Crippen LogP contribution in [-0.4, -0.2) is 15.1 Å². The van der Waals surface area contributed by atoms with Crippen molar-refractivity contribution in [1.29, 1.82) is 0 Å². The Morgan fingerprint density at radius 1 is 1.00 bits per heavy atom. The monoisotopic (exact) mass is 256 g/mol. The Bertz CT molecular complexity index is 538. The van der Waals surface area contributed by atoms with E-state index in [4.69, 9.17) is 0 Å².